The molecule has 2 aromatic rings. The van der Waals surface area contributed by atoms with Crippen molar-refractivity contribution in [3.63, 3.8) is 0 Å². The fourth-order valence-corrected chi connectivity index (χ4v) is 5.52. The highest BCUT2D eigenvalue weighted by molar-refractivity contribution is 7.91. The molecule has 1 aromatic heterocycles. The Morgan fingerprint density at radius 3 is 2.46 bits per heavy atom. The second kappa shape index (κ2) is 8.10. The number of thiophene rings is 1. The Kier molecular flexibility index (Phi) is 5.96. The summed E-state index contributed by atoms with van der Waals surface area (Å²) in [6.45, 7) is 0.420. The first kappa shape index (κ1) is 20.6. The van der Waals surface area contributed by atoms with Gasteiger partial charge in [-0.25, -0.2) is 8.42 Å². The predicted octanol–water partition coefficient (Wildman–Crippen LogP) is 3.31. The van der Waals surface area contributed by atoms with Crippen LogP contribution in [-0.2, 0) is 21.0 Å². The van der Waals surface area contributed by atoms with Crippen molar-refractivity contribution in [2.45, 2.75) is 23.2 Å². The summed E-state index contributed by atoms with van der Waals surface area (Å²) in [6, 6.07) is 7.69. The van der Waals surface area contributed by atoms with Gasteiger partial charge < -0.3 is 0 Å². The van der Waals surface area contributed by atoms with Gasteiger partial charge in [0.1, 0.15) is 4.21 Å². The molecule has 0 radical (unpaired) electrons. The lowest BCUT2D eigenvalue weighted by molar-refractivity contribution is -0.137. The number of anilines is 1. The van der Waals surface area contributed by atoms with Crippen molar-refractivity contribution in [1.82, 2.24) is 9.73 Å². The molecular formula is C17H18F3N3O3S2. The van der Waals surface area contributed by atoms with Gasteiger partial charge in [0.2, 0.25) is 5.91 Å². The highest BCUT2D eigenvalue weighted by Crippen LogP contribution is 2.30. The van der Waals surface area contributed by atoms with Gasteiger partial charge in [0.05, 0.1) is 11.3 Å². The maximum absolute atomic E-state index is 12.7. The third kappa shape index (κ3) is 4.65. The van der Waals surface area contributed by atoms with Crippen molar-refractivity contribution in [2.75, 3.05) is 18.5 Å². The largest absolute Gasteiger partial charge is 0.416 e. The van der Waals surface area contributed by atoms with E-state index < -0.39 is 27.7 Å². The van der Waals surface area contributed by atoms with Crippen molar-refractivity contribution in [3.05, 3.63) is 47.3 Å². The Balaban J connectivity index is 1.53. The van der Waals surface area contributed by atoms with E-state index in [1.807, 2.05) is 0 Å². The average molecular weight is 433 g/mol. The van der Waals surface area contributed by atoms with Gasteiger partial charge >= 0.3 is 6.18 Å². The van der Waals surface area contributed by atoms with Crippen LogP contribution in [0.1, 0.15) is 18.4 Å². The molecule has 2 heterocycles. The quantitative estimate of drug-likeness (QED) is 0.710. The van der Waals surface area contributed by atoms with Crippen molar-refractivity contribution in [2.24, 2.45) is 5.92 Å². The fraction of sp³-hybridized carbons (Fsp3) is 0.353. The van der Waals surface area contributed by atoms with Gasteiger partial charge in [0, 0.05) is 19.0 Å². The Hall–Kier alpha value is -2.11. The molecule has 11 heteroatoms. The van der Waals surface area contributed by atoms with Crippen LogP contribution < -0.4 is 10.9 Å². The first-order chi connectivity index (χ1) is 13.2. The monoisotopic (exact) mass is 433 g/mol. The second-order valence-electron chi connectivity index (χ2n) is 6.30. The fourth-order valence-electron chi connectivity index (χ4n) is 2.90. The summed E-state index contributed by atoms with van der Waals surface area (Å²) >= 11 is 1.14. The number of nitrogens with one attached hydrogen (secondary N) is 2. The first-order valence-electron chi connectivity index (χ1n) is 8.45. The van der Waals surface area contributed by atoms with Crippen LogP contribution in [0.3, 0.4) is 0 Å². The topological polar surface area (TPSA) is 78.5 Å². The molecule has 0 saturated carbocycles. The molecule has 0 aliphatic carbocycles. The van der Waals surface area contributed by atoms with Gasteiger partial charge in [-0.05, 0) is 42.5 Å². The number of hydrogen-bond donors (Lipinski definition) is 2. The number of rotatable bonds is 5. The zero-order valence-electron chi connectivity index (χ0n) is 14.6. The van der Waals surface area contributed by atoms with Crippen LogP contribution in [0.4, 0.5) is 18.9 Å². The minimum atomic E-state index is -4.47. The van der Waals surface area contributed by atoms with Crippen LogP contribution in [0, 0.1) is 5.92 Å². The number of carbonyl (C=O) groups is 1. The number of benzene rings is 1. The predicted molar refractivity (Wildman–Crippen MR) is 99.0 cm³/mol. The third-order valence-electron chi connectivity index (χ3n) is 4.43. The number of amides is 1. The number of alkyl halides is 3. The van der Waals surface area contributed by atoms with E-state index >= 15 is 0 Å². The number of hydrazine groups is 1. The van der Waals surface area contributed by atoms with E-state index in [0.717, 1.165) is 23.5 Å². The Morgan fingerprint density at radius 2 is 1.86 bits per heavy atom. The number of nitrogens with zero attached hydrogens (tertiary/aromatic N) is 1. The van der Waals surface area contributed by atoms with E-state index in [9.17, 15) is 26.4 Å². The van der Waals surface area contributed by atoms with Crippen LogP contribution >= 0.6 is 11.3 Å². The zero-order chi connectivity index (χ0) is 20.4. The Morgan fingerprint density at radius 1 is 1.14 bits per heavy atom. The minimum Gasteiger partial charge on any atom is -0.299 e. The van der Waals surface area contributed by atoms with Gasteiger partial charge in [-0.1, -0.05) is 12.1 Å². The molecule has 1 aliphatic heterocycles. The molecule has 152 valence electrons. The van der Waals surface area contributed by atoms with E-state index in [2.05, 4.69) is 10.9 Å². The number of piperidine rings is 1. The van der Waals surface area contributed by atoms with Crippen LogP contribution in [0.15, 0.2) is 46.0 Å². The average Bonchev–Trinajstić information content (AvgIpc) is 3.21. The van der Waals surface area contributed by atoms with Gasteiger partial charge in [-0.15, -0.1) is 11.3 Å². The van der Waals surface area contributed by atoms with Crippen molar-refractivity contribution in [1.29, 1.82) is 0 Å². The van der Waals surface area contributed by atoms with Crippen LogP contribution in [0.2, 0.25) is 0 Å². The second-order valence-corrected chi connectivity index (χ2v) is 9.42. The summed E-state index contributed by atoms with van der Waals surface area (Å²) < 4.78 is 64.7. The molecule has 0 atom stereocenters. The summed E-state index contributed by atoms with van der Waals surface area (Å²) in [7, 11) is -3.54. The summed E-state index contributed by atoms with van der Waals surface area (Å²) in [6.07, 6.45) is -3.80. The number of halogens is 3. The number of hydrogen-bond acceptors (Lipinski definition) is 5. The van der Waals surface area contributed by atoms with Crippen LogP contribution in [0.25, 0.3) is 0 Å². The molecule has 28 heavy (non-hydrogen) atoms. The molecule has 0 spiro atoms. The zero-order valence-corrected chi connectivity index (χ0v) is 16.2. The van der Waals surface area contributed by atoms with Gasteiger partial charge in [-0.2, -0.15) is 17.5 Å². The maximum Gasteiger partial charge on any atom is 0.416 e. The van der Waals surface area contributed by atoms with Gasteiger partial charge in [0.15, 0.2) is 0 Å². The van der Waals surface area contributed by atoms with E-state index in [0.29, 0.717) is 12.8 Å². The van der Waals surface area contributed by atoms with E-state index in [4.69, 9.17) is 0 Å². The van der Waals surface area contributed by atoms with Crippen LogP contribution in [-0.4, -0.2) is 31.7 Å². The lowest BCUT2D eigenvalue weighted by Crippen LogP contribution is -2.44. The molecule has 0 bridgehead atoms. The summed E-state index contributed by atoms with van der Waals surface area (Å²) in [5.41, 5.74) is 4.19. The molecule has 1 aliphatic rings. The molecule has 2 N–H and O–H groups in total. The smallest absolute Gasteiger partial charge is 0.299 e. The SMILES string of the molecule is O=C(NNc1cccc(C(F)(F)F)c1)C1CCN(S(=O)(=O)c2cccs2)CC1. The van der Waals surface area contributed by atoms with Crippen molar-refractivity contribution >= 4 is 33.0 Å². The lowest BCUT2D eigenvalue weighted by Gasteiger charge is -2.30. The minimum absolute atomic E-state index is 0.112. The Labute approximate surface area is 164 Å². The molecule has 0 unspecified atom stereocenters. The third-order valence-corrected chi connectivity index (χ3v) is 7.71. The van der Waals surface area contributed by atoms with E-state index in [1.165, 1.54) is 22.5 Å². The normalized spacial score (nSPS) is 16.7. The van der Waals surface area contributed by atoms with Gasteiger partial charge in [0.25, 0.3) is 10.0 Å². The highest BCUT2D eigenvalue weighted by Gasteiger charge is 2.33. The number of carbonyl (C=O) groups excluding carboxylic acids is 1. The lowest BCUT2D eigenvalue weighted by atomic mass is 9.98. The molecule has 3 rings (SSSR count). The molecular weight excluding hydrogens is 415 g/mol. The molecule has 1 amide bonds. The highest BCUT2D eigenvalue weighted by atomic mass is 32.2. The molecule has 1 fully saturated rings. The van der Waals surface area contributed by atoms with Gasteiger partial charge in [-0.3, -0.25) is 15.6 Å². The molecule has 1 aromatic carbocycles. The first-order valence-corrected chi connectivity index (χ1v) is 10.8. The maximum atomic E-state index is 12.7. The standard InChI is InChI=1S/C17H18F3N3O3S2/c18-17(19,20)13-3-1-4-14(11-13)21-22-16(24)12-6-8-23(9-7-12)28(25,26)15-5-2-10-27-15/h1-5,10-12,21H,6-9H2,(H,22,24). The molecule has 6 nitrogen and oxygen atoms in total. The van der Waals surface area contributed by atoms with E-state index in [1.54, 1.807) is 11.4 Å². The van der Waals surface area contributed by atoms with Crippen LogP contribution in [0.5, 0.6) is 0 Å². The number of sulfonamides is 1. The summed E-state index contributed by atoms with van der Waals surface area (Å²) in [4.78, 5) is 12.3. The van der Waals surface area contributed by atoms with Crippen molar-refractivity contribution in [3.8, 4) is 0 Å². The summed E-state index contributed by atoms with van der Waals surface area (Å²) in [5.74, 6) is -0.807. The Bertz CT molecular complexity index is 923. The van der Waals surface area contributed by atoms with Crippen molar-refractivity contribution < 1.29 is 26.4 Å². The van der Waals surface area contributed by atoms with E-state index in [-0.39, 0.29) is 28.9 Å². The molecule has 1 saturated heterocycles. The summed E-state index contributed by atoms with van der Waals surface area (Å²) in [5, 5.41) is 1.69.